The van der Waals surface area contributed by atoms with Crippen LogP contribution in [0.1, 0.15) is 0 Å². The number of hydrogen-bond donors (Lipinski definition) is 2. The lowest BCUT2D eigenvalue weighted by molar-refractivity contribution is 0.477. The molecule has 0 spiro atoms. The fraction of sp³-hybridized carbons (Fsp3) is 0. The molecule has 0 fully saturated rings. The molecule has 0 saturated heterocycles. The number of rotatable bonds is 2. The summed E-state index contributed by atoms with van der Waals surface area (Å²) in [4.78, 5) is 0. The molecule has 0 radical (unpaired) electrons. The molecule has 2 N–H and O–H groups in total. The van der Waals surface area contributed by atoms with E-state index in [0.717, 1.165) is 0 Å². The van der Waals surface area contributed by atoms with Gasteiger partial charge in [0.05, 0.1) is 11.4 Å². The smallest absolute Gasteiger partial charge is 0.147 e. The molecule has 0 aliphatic carbocycles. The Morgan fingerprint density at radius 2 is 1.53 bits per heavy atom. The second kappa shape index (κ2) is 5.06. The summed E-state index contributed by atoms with van der Waals surface area (Å²) >= 11 is 6.55. The maximum atomic E-state index is 13.6. The van der Waals surface area contributed by atoms with Gasteiger partial charge < -0.3 is 10.4 Å². The molecule has 0 amide bonds. The molecular formula is C12H8Br2FNO. The topological polar surface area (TPSA) is 32.3 Å². The quantitative estimate of drug-likeness (QED) is 0.754. The van der Waals surface area contributed by atoms with Crippen LogP contribution in [-0.4, -0.2) is 5.11 Å². The van der Waals surface area contributed by atoms with Crippen LogP contribution in [0.15, 0.2) is 45.3 Å². The van der Waals surface area contributed by atoms with Crippen LogP contribution < -0.4 is 5.32 Å². The van der Waals surface area contributed by atoms with E-state index < -0.39 is 5.82 Å². The molecule has 0 heterocycles. The van der Waals surface area contributed by atoms with Gasteiger partial charge in [0, 0.05) is 8.95 Å². The van der Waals surface area contributed by atoms with Crippen molar-refractivity contribution in [3.8, 4) is 5.75 Å². The predicted octanol–water partition coefficient (Wildman–Crippen LogP) is 4.80. The monoisotopic (exact) mass is 359 g/mol. The van der Waals surface area contributed by atoms with Gasteiger partial charge in [-0.25, -0.2) is 4.39 Å². The minimum Gasteiger partial charge on any atom is -0.506 e. The van der Waals surface area contributed by atoms with Crippen LogP contribution >= 0.6 is 31.9 Å². The van der Waals surface area contributed by atoms with Crippen LogP contribution in [0.25, 0.3) is 0 Å². The molecule has 17 heavy (non-hydrogen) atoms. The van der Waals surface area contributed by atoms with E-state index >= 15 is 0 Å². The first kappa shape index (κ1) is 12.4. The van der Waals surface area contributed by atoms with Crippen molar-refractivity contribution in [1.29, 1.82) is 0 Å². The Morgan fingerprint density at radius 1 is 0.941 bits per heavy atom. The molecule has 2 aromatic carbocycles. The number of halogens is 3. The number of anilines is 2. The van der Waals surface area contributed by atoms with Gasteiger partial charge in [0.2, 0.25) is 0 Å². The third-order valence-electron chi connectivity index (χ3n) is 2.20. The highest BCUT2D eigenvalue weighted by atomic mass is 79.9. The van der Waals surface area contributed by atoms with E-state index in [2.05, 4.69) is 37.2 Å². The van der Waals surface area contributed by atoms with Crippen molar-refractivity contribution in [2.24, 2.45) is 0 Å². The molecular weight excluding hydrogens is 353 g/mol. The molecule has 2 rings (SSSR count). The second-order valence-electron chi connectivity index (χ2n) is 3.36. The first-order valence-corrected chi connectivity index (χ1v) is 6.36. The van der Waals surface area contributed by atoms with Crippen LogP contribution in [0.3, 0.4) is 0 Å². The number of phenols is 1. The van der Waals surface area contributed by atoms with Crippen molar-refractivity contribution < 1.29 is 9.50 Å². The third kappa shape index (κ3) is 2.61. The molecule has 5 heteroatoms. The zero-order valence-corrected chi connectivity index (χ0v) is 11.7. The minimum absolute atomic E-state index is 0.0505. The van der Waals surface area contributed by atoms with Crippen molar-refractivity contribution in [2.45, 2.75) is 0 Å². The molecule has 0 bridgehead atoms. The van der Waals surface area contributed by atoms with E-state index in [0.29, 0.717) is 14.6 Å². The van der Waals surface area contributed by atoms with Gasteiger partial charge in [-0.1, -0.05) is 12.1 Å². The van der Waals surface area contributed by atoms with Gasteiger partial charge in [-0.3, -0.25) is 0 Å². The number of phenolic OH excluding ortho intramolecular Hbond substituents is 1. The number of para-hydroxylation sites is 2. The second-order valence-corrected chi connectivity index (χ2v) is 5.06. The summed E-state index contributed by atoms with van der Waals surface area (Å²) in [5.74, 6) is -0.343. The highest BCUT2D eigenvalue weighted by Gasteiger charge is 2.11. The summed E-state index contributed by atoms with van der Waals surface area (Å²) in [5, 5.41) is 12.6. The SMILES string of the molecule is Oc1cccc(Br)c1Nc1c(F)cccc1Br. The lowest BCUT2D eigenvalue weighted by Crippen LogP contribution is -1.96. The maximum absolute atomic E-state index is 13.6. The molecule has 88 valence electrons. The normalized spacial score (nSPS) is 10.3. The van der Waals surface area contributed by atoms with Crippen molar-refractivity contribution in [2.75, 3.05) is 5.32 Å². The fourth-order valence-electron chi connectivity index (χ4n) is 1.38. The van der Waals surface area contributed by atoms with Gasteiger partial charge >= 0.3 is 0 Å². The van der Waals surface area contributed by atoms with E-state index in [-0.39, 0.29) is 11.4 Å². The van der Waals surface area contributed by atoms with E-state index in [1.807, 2.05) is 0 Å². The van der Waals surface area contributed by atoms with Gasteiger partial charge in [-0.05, 0) is 56.1 Å². The first-order valence-electron chi connectivity index (χ1n) is 4.78. The lowest BCUT2D eigenvalue weighted by Gasteiger charge is -2.12. The zero-order chi connectivity index (χ0) is 12.4. The number of benzene rings is 2. The van der Waals surface area contributed by atoms with Crippen molar-refractivity contribution >= 4 is 43.2 Å². The maximum Gasteiger partial charge on any atom is 0.147 e. The molecule has 2 aromatic rings. The molecule has 0 saturated carbocycles. The Hall–Kier alpha value is -1.07. The molecule has 2 nitrogen and oxygen atoms in total. The predicted molar refractivity (Wildman–Crippen MR) is 73.2 cm³/mol. The summed E-state index contributed by atoms with van der Waals surface area (Å²) in [6, 6.07) is 9.66. The Labute approximate surface area is 115 Å². The van der Waals surface area contributed by atoms with Crippen molar-refractivity contribution in [3.05, 3.63) is 51.2 Å². The van der Waals surface area contributed by atoms with E-state index in [4.69, 9.17) is 0 Å². The average Bonchev–Trinajstić information content (AvgIpc) is 2.27. The van der Waals surface area contributed by atoms with E-state index in [1.54, 1.807) is 24.3 Å². The van der Waals surface area contributed by atoms with Gasteiger partial charge in [0.1, 0.15) is 11.6 Å². The van der Waals surface area contributed by atoms with Crippen LogP contribution in [0, 0.1) is 5.82 Å². The number of aromatic hydroxyl groups is 1. The Balaban J connectivity index is 2.45. The molecule has 0 aromatic heterocycles. The number of nitrogens with one attached hydrogen (secondary N) is 1. The average molecular weight is 361 g/mol. The third-order valence-corrected chi connectivity index (χ3v) is 3.53. The fourth-order valence-corrected chi connectivity index (χ4v) is 2.27. The van der Waals surface area contributed by atoms with Crippen molar-refractivity contribution in [1.82, 2.24) is 0 Å². The van der Waals surface area contributed by atoms with Gasteiger partial charge in [-0.15, -0.1) is 0 Å². The number of hydrogen-bond acceptors (Lipinski definition) is 2. The summed E-state index contributed by atoms with van der Waals surface area (Å²) in [6.45, 7) is 0. The largest absolute Gasteiger partial charge is 0.506 e. The van der Waals surface area contributed by atoms with Crippen LogP contribution in [-0.2, 0) is 0 Å². The lowest BCUT2D eigenvalue weighted by atomic mass is 10.2. The Bertz CT molecular complexity index is 470. The van der Waals surface area contributed by atoms with Crippen molar-refractivity contribution in [3.63, 3.8) is 0 Å². The van der Waals surface area contributed by atoms with Crippen LogP contribution in [0.5, 0.6) is 5.75 Å². The Morgan fingerprint density at radius 3 is 2.12 bits per heavy atom. The van der Waals surface area contributed by atoms with Crippen LogP contribution in [0.4, 0.5) is 15.8 Å². The highest BCUT2D eigenvalue weighted by molar-refractivity contribution is 9.11. The standard InChI is InChI=1S/C12H8Br2FNO/c13-7-3-1-5-9(15)11(7)16-12-8(14)4-2-6-10(12)17/h1-6,16-17H. The summed E-state index contributed by atoms with van der Waals surface area (Å²) in [7, 11) is 0. The van der Waals surface area contributed by atoms with E-state index in [9.17, 15) is 9.50 Å². The van der Waals surface area contributed by atoms with E-state index in [1.165, 1.54) is 12.1 Å². The Kier molecular flexibility index (Phi) is 3.69. The van der Waals surface area contributed by atoms with Gasteiger partial charge in [-0.2, -0.15) is 0 Å². The first-order chi connectivity index (χ1) is 8.09. The summed E-state index contributed by atoms with van der Waals surface area (Å²) in [5.41, 5.74) is 0.716. The molecule has 0 aliphatic rings. The molecule has 0 atom stereocenters. The van der Waals surface area contributed by atoms with Crippen LogP contribution in [0.2, 0.25) is 0 Å². The summed E-state index contributed by atoms with van der Waals surface area (Å²) in [6.07, 6.45) is 0. The van der Waals surface area contributed by atoms with Gasteiger partial charge in [0.15, 0.2) is 0 Å². The van der Waals surface area contributed by atoms with Gasteiger partial charge in [0.25, 0.3) is 0 Å². The highest BCUT2D eigenvalue weighted by Crippen LogP contribution is 2.37. The summed E-state index contributed by atoms with van der Waals surface area (Å²) < 4.78 is 14.9. The molecule has 0 unspecified atom stereocenters. The minimum atomic E-state index is -0.394. The zero-order valence-electron chi connectivity index (χ0n) is 8.55. The molecule has 0 aliphatic heterocycles.